The molecule has 6 heteroatoms. The normalized spacial score (nSPS) is 14.3. The Labute approximate surface area is 115 Å². The lowest BCUT2D eigenvalue weighted by Crippen LogP contribution is -2.30. The van der Waals surface area contributed by atoms with Crippen molar-refractivity contribution in [3.8, 4) is 0 Å². The van der Waals surface area contributed by atoms with Crippen LogP contribution in [0.1, 0.15) is 40.0 Å². The summed E-state index contributed by atoms with van der Waals surface area (Å²) < 4.78 is 0. The van der Waals surface area contributed by atoms with Crippen LogP contribution in [0.3, 0.4) is 0 Å². The second-order valence-corrected chi connectivity index (χ2v) is 4.50. The number of nitrogens with zero attached hydrogens (tertiary/aromatic N) is 3. The zero-order valence-corrected chi connectivity index (χ0v) is 10.8. The molecule has 0 aromatic heterocycles. The van der Waals surface area contributed by atoms with Crippen molar-refractivity contribution in [2.45, 2.75) is 19.3 Å². The van der Waals surface area contributed by atoms with Crippen LogP contribution in [0.4, 0.5) is 0 Å². The molecule has 1 aromatic carbocycles. The van der Waals surface area contributed by atoms with Crippen LogP contribution in [-0.2, 0) is 0 Å². The second kappa shape index (κ2) is 5.97. The minimum Gasteiger partial charge on any atom is -0.505 e. The number of rotatable bonds is 5. The zero-order chi connectivity index (χ0) is 14.5. The summed E-state index contributed by atoms with van der Waals surface area (Å²) in [6.07, 6.45) is 2.47. The SMILES string of the molecule is N#[N+]/C=C(\O)CCCCN1C(=O)c2ccccc2C1=O. The van der Waals surface area contributed by atoms with E-state index in [1.807, 2.05) is 0 Å². The Morgan fingerprint density at radius 1 is 1.20 bits per heavy atom. The van der Waals surface area contributed by atoms with Crippen molar-refractivity contribution in [1.82, 2.24) is 4.90 Å². The molecule has 20 heavy (non-hydrogen) atoms. The monoisotopic (exact) mass is 272 g/mol. The lowest BCUT2D eigenvalue weighted by Gasteiger charge is -2.12. The molecule has 0 atom stereocenters. The van der Waals surface area contributed by atoms with Gasteiger partial charge >= 0.3 is 6.20 Å². The molecule has 1 heterocycles. The lowest BCUT2D eigenvalue weighted by atomic mass is 10.1. The summed E-state index contributed by atoms with van der Waals surface area (Å²) in [5.41, 5.74) is 0.888. The number of fused-ring (bicyclic) bond motifs is 1. The van der Waals surface area contributed by atoms with E-state index < -0.39 is 0 Å². The van der Waals surface area contributed by atoms with Gasteiger partial charge in [0.1, 0.15) is 0 Å². The van der Waals surface area contributed by atoms with E-state index in [1.54, 1.807) is 24.3 Å². The van der Waals surface area contributed by atoms with Gasteiger partial charge in [0.25, 0.3) is 11.8 Å². The molecule has 0 bridgehead atoms. The average molecular weight is 272 g/mol. The van der Waals surface area contributed by atoms with Crippen molar-refractivity contribution in [3.63, 3.8) is 0 Å². The first kappa shape index (κ1) is 13.7. The fourth-order valence-corrected chi connectivity index (χ4v) is 2.15. The Morgan fingerprint density at radius 3 is 2.35 bits per heavy atom. The molecule has 1 aliphatic rings. The predicted molar refractivity (Wildman–Crippen MR) is 71.5 cm³/mol. The van der Waals surface area contributed by atoms with Crippen molar-refractivity contribution >= 4 is 11.8 Å². The third-order valence-electron chi connectivity index (χ3n) is 3.15. The topological polar surface area (TPSA) is 85.8 Å². The van der Waals surface area contributed by atoms with Gasteiger partial charge in [0.2, 0.25) is 5.39 Å². The molecule has 2 rings (SSSR count). The summed E-state index contributed by atoms with van der Waals surface area (Å²) >= 11 is 0. The van der Waals surface area contributed by atoms with E-state index in [0.29, 0.717) is 36.9 Å². The Balaban J connectivity index is 1.90. The molecule has 0 aliphatic carbocycles. The van der Waals surface area contributed by atoms with Crippen molar-refractivity contribution in [2.75, 3.05) is 6.54 Å². The molecule has 102 valence electrons. The van der Waals surface area contributed by atoms with Crippen LogP contribution in [-0.4, -0.2) is 28.4 Å². The first-order chi connectivity index (χ1) is 9.65. The Bertz CT molecular complexity index is 581. The highest BCUT2D eigenvalue weighted by molar-refractivity contribution is 6.21. The Morgan fingerprint density at radius 2 is 1.80 bits per heavy atom. The van der Waals surface area contributed by atoms with E-state index in [9.17, 15) is 14.7 Å². The number of carbonyl (C=O) groups is 2. The fourth-order valence-electron chi connectivity index (χ4n) is 2.15. The highest BCUT2D eigenvalue weighted by Crippen LogP contribution is 2.22. The number of allylic oxidation sites excluding steroid dienone is 1. The van der Waals surface area contributed by atoms with Crippen LogP contribution in [0, 0.1) is 5.39 Å². The Hall–Kier alpha value is -2.68. The summed E-state index contributed by atoms with van der Waals surface area (Å²) in [7, 11) is 0. The first-order valence-corrected chi connectivity index (χ1v) is 6.32. The molecular weight excluding hydrogens is 258 g/mol. The molecule has 0 saturated carbocycles. The van der Waals surface area contributed by atoms with Gasteiger partial charge in [-0.05, 0) is 25.0 Å². The number of amides is 2. The highest BCUT2D eigenvalue weighted by atomic mass is 16.3. The number of hydrogen-bond acceptors (Lipinski definition) is 4. The standard InChI is InChI=1S/C14H13N3O3/c15-16-9-10(18)5-3-4-8-17-13(19)11-6-1-2-7-12(11)14(17)20/h1-2,6-7,9H,3-5,8H2/p+1/b10-9-. The number of unbranched alkanes of at least 4 members (excludes halogenated alkanes) is 1. The van der Waals surface area contributed by atoms with Crippen LogP contribution in [0.25, 0.3) is 4.98 Å². The first-order valence-electron chi connectivity index (χ1n) is 6.32. The van der Waals surface area contributed by atoms with Crippen LogP contribution >= 0.6 is 0 Å². The zero-order valence-electron chi connectivity index (χ0n) is 10.8. The van der Waals surface area contributed by atoms with Gasteiger partial charge < -0.3 is 5.11 Å². The quantitative estimate of drug-likeness (QED) is 0.386. The van der Waals surface area contributed by atoms with Gasteiger partial charge in [-0.25, -0.2) is 0 Å². The van der Waals surface area contributed by atoms with Crippen molar-refractivity contribution in [3.05, 3.63) is 52.3 Å². The van der Waals surface area contributed by atoms with E-state index in [4.69, 9.17) is 5.39 Å². The van der Waals surface area contributed by atoms with Crippen LogP contribution in [0.5, 0.6) is 0 Å². The number of diazo groups is 1. The van der Waals surface area contributed by atoms with E-state index in [2.05, 4.69) is 4.98 Å². The van der Waals surface area contributed by atoms with Crippen molar-refractivity contribution in [2.24, 2.45) is 0 Å². The molecule has 1 aromatic rings. The van der Waals surface area contributed by atoms with Crippen molar-refractivity contribution in [1.29, 1.82) is 5.39 Å². The van der Waals surface area contributed by atoms with Gasteiger partial charge in [0, 0.05) is 13.0 Å². The third kappa shape index (κ3) is 2.67. The molecule has 0 unspecified atom stereocenters. The third-order valence-corrected chi connectivity index (χ3v) is 3.15. The molecular formula is C14H14N3O3+. The number of hydrogen-bond donors (Lipinski definition) is 1. The molecule has 0 fully saturated rings. The van der Waals surface area contributed by atoms with Crippen molar-refractivity contribution < 1.29 is 14.7 Å². The van der Waals surface area contributed by atoms with E-state index >= 15 is 0 Å². The lowest BCUT2D eigenvalue weighted by molar-refractivity contribution is 0.0651. The molecule has 0 saturated heterocycles. The van der Waals surface area contributed by atoms with Gasteiger partial charge in [-0.3, -0.25) is 14.5 Å². The van der Waals surface area contributed by atoms with Crippen LogP contribution in [0.15, 0.2) is 36.2 Å². The van der Waals surface area contributed by atoms with E-state index in [0.717, 1.165) is 6.20 Å². The summed E-state index contributed by atoms with van der Waals surface area (Å²) in [5.74, 6) is -0.568. The number of imide groups is 1. The molecule has 0 radical (unpaired) electrons. The molecule has 1 N–H and O–H groups in total. The van der Waals surface area contributed by atoms with Gasteiger partial charge in [0.05, 0.1) is 11.1 Å². The summed E-state index contributed by atoms with van der Waals surface area (Å²) in [6, 6.07) is 6.75. The maximum Gasteiger partial charge on any atom is 0.387 e. The molecule has 2 amide bonds. The number of aliphatic hydroxyl groups excluding tert-OH is 1. The summed E-state index contributed by atoms with van der Waals surface area (Å²) in [6.45, 7) is 0.315. The maximum atomic E-state index is 12.0. The largest absolute Gasteiger partial charge is 0.505 e. The maximum absolute atomic E-state index is 12.0. The van der Waals surface area contributed by atoms with Gasteiger partial charge in [0.15, 0.2) is 10.7 Å². The van der Waals surface area contributed by atoms with Gasteiger partial charge in [-0.2, -0.15) is 0 Å². The van der Waals surface area contributed by atoms with Crippen LogP contribution in [0.2, 0.25) is 0 Å². The average Bonchev–Trinajstić information content (AvgIpc) is 2.69. The second-order valence-electron chi connectivity index (χ2n) is 4.50. The van der Waals surface area contributed by atoms with E-state index in [-0.39, 0.29) is 17.6 Å². The molecule has 0 spiro atoms. The van der Waals surface area contributed by atoms with Gasteiger partial charge in [-0.15, -0.1) is 0 Å². The smallest absolute Gasteiger partial charge is 0.387 e. The highest BCUT2D eigenvalue weighted by Gasteiger charge is 2.34. The fraction of sp³-hybridized carbons (Fsp3) is 0.286. The molecule has 6 nitrogen and oxygen atoms in total. The summed E-state index contributed by atoms with van der Waals surface area (Å²) in [5, 5.41) is 17.5. The molecule has 1 aliphatic heterocycles. The minimum atomic E-state index is -0.268. The Kier molecular flexibility index (Phi) is 4.11. The van der Waals surface area contributed by atoms with Crippen LogP contribution < -0.4 is 0 Å². The summed E-state index contributed by atoms with van der Waals surface area (Å²) in [4.78, 5) is 28.0. The van der Waals surface area contributed by atoms with E-state index in [1.165, 1.54) is 4.90 Å². The van der Waals surface area contributed by atoms with Gasteiger partial charge in [-0.1, -0.05) is 12.1 Å². The number of aliphatic hydroxyl groups is 1. The minimum absolute atomic E-state index is 0.0325. The predicted octanol–water partition coefficient (Wildman–Crippen LogP) is 2.71. The number of carbonyl (C=O) groups excluding carboxylic acids is 2. The number of benzene rings is 1.